The second kappa shape index (κ2) is 8.89. The van der Waals surface area contributed by atoms with Gasteiger partial charge in [0.15, 0.2) is 0 Å². The maximum Gasteiger partial charge on any atom is 0.0410 e. The fourth-order valence-corrected chi connectivity index (χ4v) is 4.11. The Morgan fingerprint density at radius 1 is 1.29 bits per heavy atom. The van der Waals surface area contributed by atoms with Gasteiger partial charge in [0, 0.05) is 22.9 Å². The molecule has 0 saturated heterocycles. The Kier molecular flexibility index (Phi) is 7.18. The fourth-order valence-electron chi connectivity index (χ4n) is 3.70. The van der Waals surface area contributed by atoms with E-state index in [1.54, 1.807) is 0 Å². The molecule has 0 amide bonds. The summed E-state index contributed by atoms with van der Waals surface area (Å²) >= 11 is 3.52. The van der Waals surface area contributed by atoms with Gasteiger partial charge in [0.2, 0.25) is 0 Å². The molecule has 1 aromatic rings. The van der Waals surface area contributed by atoms with Gasteiger partial charge < -0.3 is 5.32 Å². The summed E-state index contributed by atoms with van der Waals surface area (Å²) in [6, 6.07) is 2.79. The summed E-state index contributed by atoms with van der Waals surface area (Å²) in [6.45, 7) is 2.30. The summed E-state index contributed by atoms with van der Waals surface area (Å²) in [7, 11) is 2.11. The smallest absolute Gasteiger partial charge is 0.0410 e. The van der Waals surface area contributed by atoms with Crippen LogP contribution in [0.1, 0.15) is 57.4 Å². The van der Waals surface area contributed by atoms with Crippen LogP contribution < -0.4 is 5.32 Å². The molecule has 0 aliphatic heterocycles. The molecular formula is C18H29BrN2. The van der Waals surface area contributed by atoms with Gasteiger partial charge in [-0.15, -0.1) is 0 Å². The molecule has 1 aromatic heterocycles. The third-order valence-electron chi connectivity index (χ3n) is 5.01. The Morgan fingerprint density at radius 3 is 2.67 bits per heavy atom. The molecule has 2 nitrogen and oxygen atoms in total. The van der Waals surface area contributed by atoms with Gasteiger partial charge in [-0.3, -0.25) is 4.98 Å². The second-order valence-corrected chi connectivity index (χ2v) is 7.45. The molecule has 0 spiro atoms. The van der Waals surface area contributed by atoms with Gasteiger partial charge in [-0.2, -0.15) is 0 Å². The van der Waals surface area contributed by atoms with Gasteiger partial charge >= 0.3 is 0 Å². The largest absolute Gasteiger partial charge is 0.316 e. The fraction of sp³-hybridized carbons (Fsp3) is 0.722. The van der Waals surface area contributed by atoms with Crippen LogP contribution in [0.3, 0.4) is 0 Å². The maximum absolute atomic E-state index is 4.29. The lowest BCUT2D eigenvalue weighted by Gasteiger charge is -2.34. The number of aromatic nitrogens is 1. The summed E-state index contributed by atoms with van der Waals surface area (Å²) in [5, 5.41) is 3.55. The first-order valence-electron chi connectivity index (χ1n) is 8.49. The first-order chi connectivity index (χ1) is 10.2. The normalized spacial score (nSPS) is 24.0. The number of rotatable bonds is 7. The third-order valence-corrected chi connectivity index (χ3v) is 5.45. The molecule has 1 atom stereocenters. The van der Waals surface area contributed by atoms with Crippen molar-refractivity contribution in [2.75, 3.05) is 7.05 Å². The summed E-state index contributed by atoms with van der Waals surface area (Å²) in [4.78, 5) is 4.29. The zero-order valence-electron chi connectivity index (χ0n) is 13.4. The van der Waals surface area contributed by atoms with E-state index in [-0.39, 0.29) is 0 Å². The van der Waals surface area contributed by atoms with E-state index in [1.807, 2.05) is 12.4 Å². The van der Waals surface area contributed by atoms with Crippen LogP contribution in [0.2, 0.25) is 0 Å². The van der Waals surface area contributed by atoms with Gasteiger partial charge in [0.25, 0.3) is 0 Å². The van der Waals surface area contributed by atoms with Crippen molar-refractivity contribution in [3.05, 3.63) is 28.5 Å². The minimum atomic E-state index is 0.591. The predicted octanol–water partition coefficient (Wildman–Crippen LogP) is 4.97. The van der Waals surface area contributed by atoms with Crippen LogP contribution >= 0.6 is 15.9 Å². The van der Waals surface area contributed by atoms with Crippen molar-refractivity contribution in [3.63, 3.8) is 0 Å². The topological polar surface area (TPSA) is 24.9 Å². The van der Waals surface area contributed by atoms with Crippen LogP contribution in [0.15, 0.2) is 22.9 Å². The zero-order chi connectivity index (χ0) is 15.1. The van der Waals surface area contributed by atoms with Crippen LogP contribution in [-0.2, 0) is 6.42 Å². The highest BCUT2D eigenvalue weighted by molar-refractivity contribution is 9.10. The van der Waals surface area contributed by atoms with Crippen LogP contribution in [0, 0.1) is 11.8 Å². The van der Waals surface area contributed by atoms with E-state index in [0.29, 0.717) is 6.04 Å². The summed E-state index contributed by atoms with van der Waals surface area (Å²) in [5.41, 5.74) is 1.33. The van der Waals surface area contributed by atoms with E-state index in [1.165, 1.54) is 50.5 Å². The third kappa shape index (κ3) is 5.37. The molecular weight excluding hydrogens is 324 g/mol. The minimum absolute atomic E-state index is 0.591. The van der Waals surface area contributed by atoms with Crippen molar-refractivity contribution in [2.24, 2.45) is 11.8 Å². The minimum Gasteiger partial charge on any atom is -0.316 e. The molecule has 1 unspecified atom stereocenters. The maximum atomic E-state index is 4.29. The van der Waals surface area contributed by atoms with E-state index in [9.17, 15) is 0 Å². The highest BCUT2D eigenvalue weighted by Crippen LogP contribution is 2.34. The average Bonchev–Trinajstić information content (AvgIpc) is 2.51. The van der Waals surface area contributed by atoms with Crippen molar-refractivity contribution in [3.8, 4) is 0 Å². The number of likely N-dealkylation sites (N-methyl/N-ethyl adjacent to an activating group) is 1. The molecule has 1 aliphatic carbocycles. The van der Waals surface area contributed by atoms with E-state index in [4.69, 9.17) is 0 Å². The Hall–Kier alpha value is -0.410. The Bertz CT molecular complexity index is 413. The first kappa shape index (κ1) is 17.0. The van der Waals surface area contributed by atoms with E-state index in [0.717, 1.165) is 22.7 Å². The zero-order valence-corrected chi connectivity index (χ0v) is 15.0. The molecule has 1 fully saturated rings. The van der Waals surface area contributed by atoms with Crippen LogP contribution in [0.25, 0.3) is 0 Å². The number of pyridine rings is 1. The lowest BCUT2D eigenvalue weighted by Crippen LogP contribution is -2.37. The van der Waals surface area contributed by atoms with Crippen molar-refractivity contribution in [1.29, 1.82) is 0 Å². The monoisotopic (exact) mass is 352 g/mol. The Morgan fingerprint density at radius 2 is 2.05 bits per heavy atom. The molecule has 0 radical (unpaired) electrons. The molecule has 1 aliphatic rings. The number of unbranched alkanes of at least 4 members (excludes halogenated alkanes) is 1. The summed E-state index contributed by atoms with van der Waals surface area (Å²) < 4.78 is 1.08. The number of nitrogens with one attached hydrogen (secondary N) is 1. The average molecular weight is 353 g/mol. The highest BCUT2D eigenvalue weighted by Gasteiger charge is 2.26. The number of hydrogen-bond donors (Lipinski definition) is 1. The van der Waals surface area contributed by atoms with Crippen LogP contribution in [0.5, 0.6) is 0 Å². The lowest BCUT2D eigenvalue weighted by molar-refractivity contribution is 0.216. The number of nitrogens with zero attached hydrogens (tertiary/aromatic N) is 1. The standard InChI is InChI=1S/C18H29BrN2/c1-3-4-5-14-6-8-16(9-7-14)18(20-2)11-15-10-17(19)13-21-12-15/h10,12-14,16,18,20H,3-9,11H2,1-2H3. The SMILES string of the molecule is CCCCC1CCC(C(Cc2cncc(Br)c2)NC)CC1. The van der Waals surface area contributed by atoms with Gasteiger partial charge in [-0.25, -0.2) is 0 Å². The van der Waals surface area contributed by atoms with Gasteiger partial charge in [-0.1, -0.05) is 39.0 Å². The van der Waals surface area contributed by atoms with Crippen molar-refractivity contribution >= 4 is 15.9 Å². The number of halogens is 1. The predicted molar refractivity (Wildman–Crippen MR) is 93.5 cm³/mol. The van der Waals surface area contributed by atoms with Gasteiger partial charge in [0.1, 0.15) is 0 Å². The number of hydrogen-bond acceptors (Lipinski definition) is 2. The summed E-state index contributed by atoms with van der Waals surface area (Å²) in [5.74, 6) is 1.82. The Balaban J connectivity index is 1.85. The molecule has 118 valence electrons. The van der Waals surface area contributed by atoms with Crippen LogP contribution in [0.4, 0.5) is 0 Å². The molecule has 1 heterocycles. The second-order valence-electron chi connectivity index (χ2n) is 6.53. The van der Waals surface area contributed by atoms with Crippen molar-refractivity contribution < 1.29 is 0 Å². The van der Waals surface area contributed by atoms with E-state index < -0.39 is 0 Å². The van der Waals surface area contributed by atoms with E-state index >= 15 is 0 Å². The van der Waals surface area contributed by atoms with Gasteiger partial charge in [0.05, 0.1) is 0 Å². The van der Waals surface area contributed by atoms with E-state index in [2.05, 4.69) is 46.3 Å². The molecule has 21 heavy (non-hydrogen) atoms. The van der Waals surface area contributed by atoms with Crippen molar-refractivity contribution in [1.82, 2.24) is 10.3 Å². The molecule has 3 heteroatoms. The molecule has 2 rings (SSSR count). The lowest BCUT2D eigenvalue weighted by atomic mass is 9.76. The van der Waals surface area contributed by atoms with Gasteiger partial charge in [-0.05, 0) is 65.7 Å². The Labute approximate surface area is 138 Å². The molecule has 1 saturated carbocycles. The quantitative estimate of drug-likeness (QED) is 0.748. The first-order valence-corrected chi connectivity index (χ1v) is 9.29. The summed E-state index contributed by atoms with van der Waals surface area (Å²) in [6.07, 6.45) is 14.8. The highest BCUT2D eigenvalue weighted by atomic mass is 79.9. The molecule has 1 N–H and O–H groups in total. The molecule has 0 bridgehead atoms. The van der Waals surface area contributed by atoms with Crippen molar-refractivity contribution in [2.45, 2.75) is 64.3 Å². The molecule has 0 aromatic carbocycles. The van der Waals surface area contributed by atoms with Crippen LogP contribution in [-0.4, -0.2) is 18.1 Å².